The molecule has 0 atom stereocenters. The van der Waals surface area contributed by atoms with Crippen LogP contribution in [-0.2, 0) is 0 Å². The molecule has 0 amide bonds. The van der Waals surface area contributed by atoms with Gasteiger partial charge in [0, 0.05) is 11.1 Å². The summed E-state index contributed by atoms with van der Waals surface area (Å²) in [4.78, 5) is 9.29. The Morgan fingerprint density at radius 3 is 1.16 bits per heavy atom. The second-order valence-corrected chi connectivity index (χ2v) is 9.53. The Bertz CT molecular complexity index is 1930. The summed E-state index contributed by atoms with van der Waals surface area (Å²) in [5, 5.41) is 4.65. The first-order valence-electron chi connectivity index (χ1n) is 12.6. The van der Waals surface area contributed by atoms with Crippen molar-refractivity contribution in [2.24, 2.45) is 0 Å². The SMILES string of the molecule is c1ccc2oc(-c3ccc4cc(-c5ccc6cc(-c7nc8ccccc8o7)ccc6c5)ccc4c3)nc2c1. The quantitative estimate of drug-likeness (QED) is 0.249. The molecular weight excluding hydrogens is 468 g/mol. The molecule has 2 aromatic heterocycles. The first-order chi connectivity index (χ1) is 18.8. The van der Waals surface area contributed by atoms with Crippen molar-refractivity contribution in [2.75, 3.05) is 0 Å². The van der Waals surface area contributed by atoms with Gasteiger partial charge in [0.05, 0.1) is 0 Å². The van der Waals surface area contributed by atoms with Crippen LogP contribution < -0.4 is 0 Å². The monoisotopic (exact) mass is 488 g/mol. The maximum Gasteiger partial charge on any atom is 0.227 e. The Balaban J connectivity index is 1.13. The number of fused-ring (bicyclic) bond motifs is 4. The van der Waals surface area contributed by atoms with Crippen LogP contribution in [-0.4, -0.2) is 9.97 Å². The molecule has 6 aromatic carbocycles. The third-order valence-electron chi connectivity index (χ3n) is 7.10. The second-order valence-electron chi connectivity index (χ2n) is 9.53. The van der Waals surface area contributed by atoms with E-state index in [-0.39, 0.29) is 0 Å². The second kappa shape index (κ2) is 8.15. The minimum Gasteiger partial charge on any atom is -0.436 e. The molecule has 0 aliphatic heterocycles. The topological polar surface area (TPSA) is 52.1 Å². The average Bonchev–Trinajstić information content (AvgIpc) is 3.61. The molecule has 0 saturated carbocycles. The minimum absolute atomic E-state index is 0.643. The summed E-state index contributed by atoms with van der Waals surface area (Å²) >= 11 is 0. The summed E-state index contributed by atoms with van der Waals surface area (Å²) < 4.78 is 11.9. The lowest BCUT2D eigenvalue weighted by Crippen LogP contribution is -1.83. The fourth-order valence-corrected chi connectivity index (χ4v) is 5.11. The predicted molar refractivity (Wildman–Crippen MR) is 153 cm³/mol. The molecule has 0 radical (unpaired) electrons. The molecular formula is C34H20N2O2. The molecule has 38 heavy (non-hydrogen) atoms. The van der Waals surface area contributed by atoms with E-state index in [1.165, 1.54) is 21.9 Å². The van der Waals surface area contributed by atoms with Crippen LogP contribution in [0.15, 0.2) is 130 Å². The van der Waals surface area contributed by atoms with Gasteiger partial charge < -0.3 is 8.83 Å². The van der Waals surface area contributed by atoms with E-state index in [1.807, 2.05) is 48.5 Å². The first kappa shape index (κ1) is 20.9. The van der Waals surface area contributed by atoms with Gasteiger partial charge in [0.15, 0.2) is 11.2 Å². The van der Waals surface area contributed by atoms with E-state index in [9.17, 15) is 0 Å². The van der Waals surface area contributed by atoms with Crippen LogP contribution >= 0.6 is 0 Å². The number of nitrogens with zero attached hydrogens (tertiary/aromatic N) is 2. The zero-order valence-corrected chi connectivity index (χ0v) is 20.3. The van der Waals surface area contributed by atoms with Crippen molar-refractivity contribution in [3.8, 4) is 34.0 Å². The molecule has 0 N–H and O–H groups in total. The summed E-state index contributed by atoms with van der Waals surface area (Å²) in [5.74, 6) is 1.29. The molecule has 0 fully saturated rings. The molecule has 0 bridgehead atoms. The van der Waals surface area contributed by atoms with Crippen molar-refractivity contribution in [3.63, 3.8) is 0 Å². The lowest BCUT2D eigenvalue weighted by atomic mass is 9.97. The van der Waals surface area contributed by atoms with Crippen LogP contribution in [0.3, 0.4) is 0 Å². The third kappa shape index (κ3) is 3.46. The van der Waals surface area contributed by atoms with Crippen LogP contribution in [0.25, 0.3) is 77.8 Å². The van der Waals surface area contributed by atoms with E-state index < -0.39 is 0 Å². The summed E-state index contributed by atoms with van der Waals surface area (Å²) in [6, 6.07) is 41.5. The van der Waals surface area contributed by atoms with Gasteiger partial charge in [-0.25, -0.2) is 9.97 Å². The highest BCUT2D eigenvalue weighted by Crippen LogP contribution is 2.33. The van der Waals surface area contributed by atoms with Crippen molar-refractivity contribution in [3.05, 3.63) is 121 Å². The Kier molecular flexibility index (Phi) is 4.49. The number of hydrogen-bond donors (Lipinski definition) is 0. The molecule has 8 rings (SSSR count). The van der Waals surface area contributed by atoms with Gasteiger partial charge in [-0.3, -0.25) is 0 Å². The molecule has 0 unspecified atom stereocenters. The Labute approximate surface area is 217 Å². The van der Waals surface area contributed by atoms with Crippen LogP contribution in [0.5, 0.6) is 0 Å². The molecule has 0 aliphatic rings. The van der Waals surface area contributed by atoms with Crippen LogP contribution in [0, 0.1) is 0 Å². The van der Waals surface area contributed by atoms with E-state index in [4.69, 9.17) is 8.83 Å². The van der Waals surface area contributed by atoms with Crippen molar-refractivity contribution in [1.82, 2.24) is 9.97 Å². The summed E-state index contributed by atoms with van der Waals surface area (Å²) in [6.45, 7) is 0. The molecule has 4 heteroatoms. The fourth-order valence-electron chi connectivity index (χ4n) is 5.11. The average molecular weight is 489 g/mol. The number of aromatic nitrogens is 2. The predicted octanol–water partition coefficient (Wildman–Crippen LogP) is 9.28. The Hall–Kier alpha value is -5.22. The molecule has 0 aliphatic carbocycles. The van der Waals surface area contributed by atoms with E-state index >= 15 is 0 Å². The standard InChI is InChI=1S/C34H20N2O2/c1-3-7-31-29(5-1)35-33(37-31)27-15-13-23-17-21(9-11-25(23)19-27)22-10-12-26-20-28(16-14-24(26)18-22)34-36-30-6-2-4-8-32(30)38-34/h1-20H. The van der Waals surface area contributed by atoms with E-state index in [0.29, 0.717) is 11.8 Å². The number of para-hydroxylation sites is 4. The first-order valence-corrected chi connectivity index (χ1v) is 12.6. The van der Waals surface area contributed by atoms with Crippen molar-refractivity contribution in [1.29, 1.82) is 0 Å². The summed E-state index contributed by atoms with van der Waals surface area (Å²) in [7, 11) is 0. The van der Waals surface area contributed by atoms with Crippen molar-refractivity contribution < 1.29 is 8.83 Å². The van der Waals surface area contributed by atoms with Gasteiger partial charge in [0.25, 0.3) is 0 Å². The minimum atomic E-state index is 0.643. The Morgan fingerprint density at radius 1 is 0.368 bits per heavy atom. The van der Waals surface area contributed by atoms with Gasteiger partial charge in [-0.2, -0.15) is 0 Å². The van der Waals surface area contributed by atoms with E-state index in [2.05, 4.69) is 82.8 Å². The number of benzene rings is 6. The van der Waals surface area contributed by atoms with Gasteiger partial charge in [-0.15, -0.1) is 0 Å². The zero-order chi connectivity index (χ0) is 25.1. The van der Waals surface area contributed by atoms with Crippen LogP contribution in [0.4, 0.5) is 0 Å². The largest absolute Gasteiger partial charge is 0.436 e. The maximum absolute atomic E-state index is 5.97. The van der Waals surface area contributed by atoms with Gasteiger partial charge in [-0.05, 0) is 93.3 Å². The molecule has 0 saturated heterocycles. The molecule has 0 spiro atoms. The van der Waals surface area contributed by atoms with Gasteiger partial charge in [0.1, 0.15) is 11.0 Å². The normalized spacial score (nSPS) is 11.7. The number of hydrogen-bond acceptors (Lipinski definition) is 4. The Morgan fingerprint density at radius 2 is 0.737 bits per heavy atom. The highest BCUT2D eigenvalue weighted by atomic mass is 16.4. The van der Waals surface area contributed by atoms with Gasteiger partial charge in [0.2, 0.25) is 11.8 Å². The van der Waals surface area contributed by atoms with Gasteiger partial charge >= 0.3 is 0 Å². The molecule has 178 valence electrons. The fraction of sp³-hybridized carbons (Fsp3) is 0. The maximum atomic E-state index is 5.97. The summed E-state index contributed by atoms with van der Waals surface area (Å²) in [5.41, 5.74) is 7.65. The van der Waals surface area contributed by atoms with Crippen LogP contribution in [0.1, 0.15) is 0 Å². The zero-order valence-electron chi connectivity index (χ0n) is 20.3. The molecule has 2 heterocycles. The number of oxazole rings is 2. The smallest absolute Gasteiger partial charge is 0.227 e. The van der Waals surface area contributed by atoms with Crippen LogP contribution in [0.2, 0.25) is 0 Å². The molecule has 8 aromatic rings. The highest BCUT2D eigenvalue weighted by molar-refractivity contribution is 5.94. The number of rotatable bonds is 3. The summed E-state index contributed by atoms with van der Waals surface area (Å²) in [6.07, 6.45) is 0. The third-order valence-corrected chi connectivity index (χ3v) is 7.10. The van der Waals surface area contributed by atoms with Gasteiger partial charge in [-0.1, -0.05) is 60.7 Å². The van der Waals surface area contributed by atoms with E-state index in [1.54, 1.807) is 0 Å². The highest BCUT2D eigenvalue weighted by Gasteiger charge is 2.11. The lowest BCUT2D eigenvalue weighted by Gasteiger charge is -2.08. The van der Waals surface area contributed by atoms with Crippen molar-refractivity contribution >= 4 is 43.7 Å². The van der Waals surface area contributed by atoms with Crippen molar-refractivity contribution in [2.45, 2.75) is 0 Å². The van der Waals surface area contributed by atoms with E-state index in [0.717, 1.165) is 44.1 Å². The molecule has 4 nitrogen and oxygen atoms in total. The lowest BCUT2D eigenvalue weighted by molar-refractivity contribution is 0.619.